The molecule has 0 spiro atoms. The Bertz CT molecular complexity index is 458. The van der Waals surface area contributed by atoms with Crippen molar-refractivity contribution < 1.29 is 13.9 Å². The van der Waals surface area contributed by atoms with Crippen molar-refractivity contribution in [2.24, 2.45) is 0 Å². The van der Waals surface area contributed by atoms with Gasteiger partial charge in [0, 0.05) is 6.92 Å². The summed E-state index contributed by atoms with van der Waals surface area (Å²) in [4.78, 5) is 17.7. The minimum Gasteiger partial charge on any atom is -0.461 e. The summed E-state index contributed by atoms with van der Waals surface area (Å²) in [6.07, 6.45) is 2.27. The number of carbonyl (C=O) groups excluding carboxylic acids is 1. The molecule has 0 aliphatic rings. The second kappa shape index (κ2) is 11.2. The van der Waals surface area contributed by atoms with Crippen LogP contribution in [0.5, 0.6) is 0 Å². The lowest BCUT2D eigenvalue weighted by Gasteiger charge is -2.23. The highest BCUT2D eigenvalue weighted by Crippen LogP contribution is 2.12. The van der Waals surface area contributed by atoms with E-state index in [0.29, 0.717) is 5.76 Å². The van der Waals surface area contributed by atoms with Gasteiger partial charge in [-0.3, -0.25) is 9.69 Å². The van der Waals surface area contributed by atoms with E-state index in [-0.39, 0.29) is 12.6 Å². The molecule has 1 aromatic rings. The van der Waals surface area contributed by atoms with Gasteiger partial charge < -0.3 is 19.0 Å². The molecule has 0 unspecified atom stereocenters. The molecule has 0 saturated carbocycles. The van der Waals surface area contributed by atoms with Crippen molar-refractivity contribution in [2.45, 2.75) is 32.9 Å². The summed E-state index contributed by atoms with van der Waals surface area (Å²) < 4.78 is 10.8. The van der Waals surface area contributed by atoms with Gasteiger partial charge in [0.15, 0.2) is 0 Å². The quantitative estimate of drug-likeness (QED) is 0.543. The Balaban J connectivity index is 2.50. The van der Waals surface area contributed by atoms with Gasteiger partial charge in [-0.2, -0.15) is 0 Å². The number of hydrogen-bond donors (Lipinski definition) is 0. The van der Waals surface area contributed by atoms with E-state index in [0.717, 1.165) is 51.3 Å². The Morgan fingerprint density at radius 1 is 0.958 bits per heavy atom. The van der Waals surface area contributed by atoms with Crippen molar-refractivity contribution in [3.63, 3.8) is 0 Å². The van der Waals surface area contributed by atoms with Crippen molar-refractivity contribution in [2.75, 3.05) is 54.4 Å². The second-order valence-corrected chi connectivity index (χ2v) is 6.74. The van der Waals surface area contributed by atoms with Crippen LogP contribution in [0.4, 0.5) is 0 Å². The van der Waals surface area contributed by atoms with Crippen LogP contribution < -0.4 is 0 Å². The number of furan rings is 1. The third kappa shape index (κ3) is 9.70. The van der Waals surface area contributed by atoms with E-state index >= 15 is 0 Å². The van der Waals surface area contributed by atoms with Gasteiger partial charge in [-0.1, -0.05) is 0 Å². The van der Waals surface area contributed by atoms with E-state index in [1.54, 1.807) is 0 Å². The highest BCUT2D eigenvalue weighted by Gasteiger charge is 2.10. The van der Waals surface area contributed by atoms with Crippen LogP contribution in [0.1, 0.15) is 31.3 Å². The first-order valence-corrected chi connectivity index (χ1v) is 8.59. The minimum atomic E-state index is -0.290. The third-order valence-corrected chi connectivity index (χ3v) is 3.67. The molecule has 1 rings (SSSR count). The van der Waals surface area contributed by atoms with Crippen molar-refractivity contribution in [1.29, 1.82) is 0 Å². The maximum Gasteiger partial charge on any atom is 0.303 e. The predicted molar refractivity (Wildman–Crippen MR) is 95.8 cm³/mol. The summed E-state index contributed by atoms with van der Waals surface area (Å²) in [6.45, 7) is 6.66. The number of ether oxygens (including phenoxy) is 1. The molecule has 6 heteroatoms. The van der Waals surface area contributed by atoms with Crippen molar-refractivity contribution in [3.8, 4) is 0 Å². The fourth-order valence-corrected chi connectivity index (χ4v) is 2.47. The average Bonchev–Trinajstić information content (AvgIpc) is 2.91. The molecule has 0 atom stereocenters. The normalized spacial score (nSPS) is 11.7. The van der Waals surface area contributed by atoms with Gasteiger partial charge in [0.05, 0.1) is 6.54 Å². The molecule has 0 aliphatic carbocycles. The highest BCUT2D eigenvalue weighted by molar-refractivity contribution is 5.65. The van der Waals surface area contributed by atoms with E-state index in [1.807, 2.05) is 12.1 Å². The topological polar surface area (TPSA) is 49.2 Å². The van der Waals surface area contributed by atoms with Crippen LogP contribution in [-0.2, 0) is 22.7 Å². The van der Waals surface area contributed by atoms with Gasteiger partial charge in [-0.25, -0.2) is 0 Å². The van der Waals surface area contributed by atoms with Crippen molar-refractivity contribution in [3.05, 3.63) is 23.7 Å². The smallest absolute Gasteiger partial charge is 0.303 e. The first-order chi connectivity index (χ1) is 11.4. The number of esters is 1. The lowest BCUT2D eigenvalue weighted by atomic mass is 10.3. The maximum atomic E-state index is 10.9. The number of rotatable bonds is 12. The SMILES string of the molecule is CC(=O)OCc1ccc(CN(CCCN(C)C)CCCN(C)C)o1. The fourth-order valence-electron chi connectivity index (χ4n) is 2.47. The summed E-state index contributed by atoms with van der Waals surface area (Å²) in [6, 6.07) is 3.86. The summed E-state index contributed by atoms with van der Waals surface area (Å²) in [5.41, 5.74) is 0. The maximum absolute atomic E-state index is 10.9. The molecule has 24 heavy (non-hydrogen) atoms. The monoisotopic (exact) mass is 339 g/mol. The molecule has 0 aliphatic heterocycles. The van der Waals surface area contributed by atoms with Crippen LogP contribution in [0.2, 0.25) is 0 Å². The number of hydrogen-bond acceptors (Lipinski definition) is 6. The molecule has 0 fully saturated rings. The zero-order valence-corrected chi connectivity index (χ0v) is 15.9. The molecule has 1 heterocycles. The van der Waals surface area contributed by atoms with Crippen LogP contribution in [0.25, 0.3) is 0 Å². The van der Waals surface area contributed by atoms with Crippen molar-refractivity contribution >= 4 is 5.97 Å². The Morgan fingerprint density at radius 3 is 2.00 bits per heavy atom. The van der Waals surface area contributed by atoms with Crippen LogP contribution in [-0.4, -0.2) is 75.0 Å². The van der Waals surface area contributed by atoms with Crippen LogP contribution in [0.15, 0.2) is 16.5 Å². The van der Waals surface area contributed by atoms with Crippen molar-refractivity contribution in [1.82, 2.24) is 14.7 Å². The van der Waals surface area contributed by atoms with E-state index < -0.39 is 0 Å². The largest absolute Gasteiger partial charge is 0.461 e. The molecule has 0 amide bonds. The van der Waals surface area contributed by atoms with Crippen LogP contribution in [0.3, 0.4) is 0 Å². The minimum absolute atomic E-state index is 0.205. The number of nitrogens with zero attached hydrogens (tertiary/aromatic N) is 3. The number of carbonyl (C=O) groups is 1. The fraction of sp³-hybridized carbons (Fsp3) is 0.722. The average molecular weight is 339 g/mol. The summed E-state index contributed by atoms with van der Waals surface area (Å²) in [7, 11) is 8.41. The predicted octanol–water partition coefficient (Wildman–Crippen LogP) is 2.05. The first kappa shape index (κ1) is 20.7. The standard InChI is InChI=1S/C18H33N3O3/c1-16(22)23-15-18-9-8-17(24-18)14-21(12-6-10-19(2)3)13-7-11-20(4)5/h8-9H,6-7,10-15H2,1-5H3. The zero-order chi connectivity index (χ0) is 17.9. The summed E-state index contributed by atoms with van der Waals surface area (Å²) in [5, 5.41) is 0. The Hall–Kier alpha value is -1.37. The summed E-state index contributed by atoms with van der Waals surface area (Å²) >= 11 is 0. The third-order valence-electron chi connectivity index (χ3n) is 3.67. The molecule has 1 aromatic heterocycles. The van der Waals surface area contributed by atoms with Gasteiger partial charge in [0.2, 0.25) is 0 Å². The highest BCUT2D eigenvalue weighted by atomic mass is 16.5. The lowest BCUT2D eigenvalue weighted by Crippen LogP contribution is -2.29. The Morgan fingerprint density at radius 2 is 1.50 bits per heavy atom. The van der Waals surface area contributed by atoms with Gasteiger partial charge in [-0.05, 0) is 79.3 Å². The molecule has 0 bridgehead atoms. The van der Waals surface area contributed by atoms with Gasteiger partial charge >= 0.3 is 5.97 Å². The molecule has 0 N–H and O–H groups in total. The van der Waals surface area contributed by atoms with E-state index in [2.05, 4.69) is 42.9 Å². The molecule has 138 valence electrons. The molecule has 0 saturated heterocycles. The molecule has 6 nitrogen and oxygen atoms in total. The van der Waals surface area contributed by atoms with E-state index in [4.69, 9.17) is 9.15 Å². The summed E-state index contributed by atoms with van der Waals surface area (Å²) in [5.74, 6) is 1.33. The van der Waals surface area contributed by atoms with Gasteiger partial charge in [0.25, 0.3) is 0 Å². The second-order valence-electron chi connectivity index (χ2n) is 6.74. The molecule has 0 aromatic carbocycles. The molecule has 0 radical (unpaired) electrons. The van der Waals surface area contributed by atoms with Crippen LogP contribution >= 0.6 is 0 Å². The lowest BCUT2D eigenvalue weighted by molar-refractivity contribution is -0.142. The molecular weight excluding hydrogens is 306 g/mol. The zero-order valence-electron chi connectivity index (χ0n) is 15.9. The Labute approximate surface area is 146 Å². The Kier molecular flexibility index (Phi) is 9.67. The van der Waals surface area contributed by atoms with Gasteiger partial charge in [0.1, 0.15) is 18.1 Å². The van der Waals surface area contributed by atoms with Gasteiger partial charge in [-0.15, -0.1) is 0 Å². The molecular formula is C18H33N3O3. The van der Waals surface area contributed by atoms with E-state index in [1.165, 1.54) is 6.92 Å². The van der Waals surface area contributed by atoms with E-state index in [9.17, 15) is 4.79 Å². The van der Waals surface area contributed by atoms with Crippen LogP contribution in [0, 0.1) is 0 Å². The first-order valence-electron chi connectivity index (χ1n) is 8.59.